The highest BCUT2D eigenvalue weighted by Gasteiger charge is 2.23. The number of aromatic nitrogens is 2. The van der Waals surface area contributed by atoms with Gasteiger partial charge in [-0.15, -0.1) is 0 Å². The number of nitrogens with zero attached hydrogens (tertiary/aromatic N) is 2. The Morgan fingerprint density at radius 2 is 1.88 bits per heavy atom. The molecule has 2 aromatic rings. The lowest BCUT2D eigenvalue weighted by Crippen LogP contribution is -2.25. The van der Waals surface area contributed by atoms with Crippen LogP contribution in [0.1, 0.15) is 28.8 Å². The van der Waals surface area contributed by atoms with Gasteiger partial charge in [0.25, 0.3) is 5.91 Å². The Hall–Kier alpha value is -2.83. The van der Waals surface area contributed by atoms with E-state index in [0.29, 0.717) is 35.6 Å². The summed E-state index contributed by atoms with van der Waals surface area (Å²) in [7, 11) is 3.20. The molecule has 1 saturated carbocycles. The first-order valence-corrected chi connectivity index (χ1v) is 7.77. The van der Waals surface area contributed by atoms with Crippen LogP contribution in [-0.4, -0.2) is 36.1 Å². The highest BCUT2D eigenvalue weighted by molar-refractivity contribution is 5.94. The van der Waals surface area contributed by atoms with Crippen LogP contribution >= 0.6 is 0 Å². The average molecular weight is 328 g/mol. The Balaban J connectivity index is 1.59. The fraction of sp³-hybridized carbons (Fsp3) is 0.353. The van der Waals surface area contributed by atoms with Gasteiger partial charge in [0.1, 0.15) is 0 Å². The zero-order chi connectivity index (χ0) is 16.9. The second-order valence-electron chi connectivity index (χ2n) is 5.59. The molecule has 0 aliphatic heterocycles. The number of carbonyl (C=O) groups is 1. The van der Waals surface area contributed by atoms with Crippen molar-refractivity contribution in [2.45, 2.75) is 25.4 Å². The summed E-state index contributed by atoms with van der Waals surface area (Å²) in [6.45, 7) is 0.536. The molecule has 1 aromatic heterocycles. The Morgan fingerprint density at radius 3 is 2.50 bits per heavy atom. The lowest BCUT2D eigenvalue weighted by Gasteiger charge is -2.10. The number of rotatable bonds is 7. The predicted octanol–water partition coefficient (Wildman–Crippen LogP) is 2.00. The fourth-order valence-corrected chi connectivity index (χ4v) is 2.20. The minimum atomic E-state index is -0.121. The summed E-state index contributed by atoms with van der Waals surface area (Å²) in [6.07, 6.45) is 5.17. The molecular formula is C17H20N4O3. The Labute approximate surface area is 140 Å². The fourth-order valence-electron chi connectivity index (χ4n) is 2.20. The van der Waals surface area contributed by atoms with Crippen LogP contribution in [0.2, 0.25) is 0 Å². The van der Waals surface area contributed by atoms with Crippen LogP contribution in [0.3, 0.4) is 0 Å². The van der Waals surface area contributed by atoms with Crippen molar-refractivity contribution in [3.8, 4) is 11.5 Å². The van der Waals surface area contributed by atoms with E-state index in [0.717, 1.165) is 18.4 Å². The van der Waals surface area contributed by atoms with Gasteiger partial charge in [0.05, 0.1) is 19.8 Å². The van der Waals surface area contributed by atoms with Crippen LogP contribution in [0.15, 0.2) is 30.6 Å². The van der Waals surface area contributed by atoms with Crippen molar-refractivity contribution in [1.29, 1.82) is 0 Å². The molecule has 0 atom stereocenters. The van der Waals surface area contributed by atoms with Gasteiger partial charge >= 0.3 is 0 Å². The van der Waals surface area contributed by atoms with Gasteiger partial charge in [0.15, 0.2) is 11.5 Å². The van der Waals surface area contributed by atoms with Gasteiger partial charge in [0.2, 0.25) is 5.95 Å². The molecule has 7 nitrogen and oxygen atoms in total. The molecule has 0 saturated heterocycles. The number of nitrogens with one attached hydrogen (secondary N) is 2. The molecule has 3 rings (SSSR count). The molecule has 126 valence electrons. The van der Waals surface area contributed by atoms with Gasteiger partial charge in [0, 0.05) is 25.0 Å². The topological polar surface area (TPSA) is 85.4 Å². The second-order valence-corrected chi connectivity index (χ2v) is 5.59. The van der Waals surface area contributed by atoms with E-state index < -0.39 is 0 Å². The summed E-state index contributed by atoms with van der Waals surface area (Å²) >= 11 is 0. The van der Waals surface area contributed by atoms with Crippen LogP contribution in [0.4, 0.5) is 5.95 Å². The van der Waals surface area contributed by atoms with E-state index in [-0.39, 0.29) is 5.91 Å². The lowest BCUT2D eigenvalue weighted by atomic mass is 10.2. The van der Waals surface area contributed by atoms with E-state index in [2.05, 4.69) is 20.6 Å². The maximum Gasteiger partial charge on any atom is 0.254 e. The number of benzene rings is 1. The van der Waals surface area contributed by atoms with Crippen molar-refractivity contribution in [3.63, 3.8) is 0 Å². The van der Waals surface area contributed by atoms with E-state index in [4.69, 9.17) is 9.47 Å². The predicted molar refractivity (Wildman–Crippen MR) is 89.4 cm³/mol. The van der Waals surface area contributed by atoms with E-state index in [1.54, 1.807) is 14.2 Å². The Bertz CT molecular complexity index is 714. The molecule has 24 heavy (non-hydrogen) atoms. The minimum absolute atomic E-state index is 0.121. The van der Waals surface area contributed by atoms with Gasteiger partial charge in [-0.2, -0.15) is 0 Å². The smallest absolute Gasteiger partial charge is 0.254 e. The van der Waals surface area contributed by atoms with Crippen LogP contribution < -0.4 is 20.1 Å². The number of anilines is 1. The number of amides is 1. The van der Waals surface area contributed by atoms with E-state index in [1.807, 2.05) is 18.2 Å². The zero-order valence-electron chi connectivity index (χ0n) is 13.7. The molecular weight excluding hydrogens is 308 g/mol. The van der Waals surface area contributed by atoms with Crippen molar-refractivity contribution in [2.24, 2.45) is 0 Å². The average Bonchev–Trinajstić information content (AvgIpc) is 3.44. The van der Waals surface area contributed by atoms with Crippen LogP contribution in [0, 0.1) is 0 Å². The number of carbonyl (C=O) groups excluding carboxylic acids is 1. The molecule has 2 N–H and O–H groups in total. The second kappa shape index (κ2) is 7.16. The molecule has 0 spiro atoms. The van der Waals surface area contributed by atoms with Gasteiger partial charge in [-0.3, -0.25) is 4.79 Å². The maximum atomic E-state index is 11.9. The summed E-state index contributed by atoms with van der Waals surface area (Å²) in [5.41, 5.74) is 1.48. The monoisotopic (exact) mass is 328 g/mol. The van der Waals surface area contributed by atoms with E-state index in [9.17, 15) is 4.79 Å². The van der Waals surface area contributed by atoms with Crippen molar-refractivity contribution >= 4 is 11.9 Å². The summed E-state index contributed by atoms with van der Waals surface area (Å²) < 4.78 is 10.5. The van der Waals surface area contributed by atoms with Gasteiger partial charge in [-0.1, -0.05) is 6.07 Å². The zero-order valence-corrected chi connectivity index (χ0v) is 13.7. The summed E-state index contributed by atoms with van der Waals surface area (Å²) in [5.74, 6) is 1.70. The van der Waals surface area contributed by atoms with Crippen LogP contribution in [0.5, 0.6) is 11.5 Å². The first-order chi connectivity index (χ1) is 11.7. The summed E-state index contributed by atoms with van der Waals surface area (Å²) in [5, 5.41) is 6.02. The Kier molecular flexibility index (Phi) is 4.79. The summed E-state index contributed by atoms with van der Waals surface area (Å²) in [4.78, 5) is 20.2. The van der Waals surface area contributed by atoms with Gasteiger partial charge < -0.3 is 20.1 Å². The molecule has 1 aliphatic carbocycles. The maximum absolute atomic E-state index is 11.9. The molecule has 1 amide bonds. The largest absolute Gasteiger partial charge is 0.493 e. The van der Waals surface area contributed by atoms with Crippen LogP contribution in [0.25, 0.3) is 0 Å². The molecule has 1 fully saturated rings. The third-order valence-electron chi connectivity index (χ3n) is 3.73. The third kappa shape index (κ3) is 3.92. The molecule has 7 heteroatoms. The van der Waals surface area contributed by atoms with Crippen molar-refractivity contribution in [1.82, 2.24) is 15.3 Å². The highest BCUT2D eigenvalue weighted by atomic mass is 16.5. The molecule has 0 bridgehead atoms. The first kappa shape index (κ1) is 16.0. The highest BCUT2D eigenvalue weighted by Crippen LogP contribution is 2.27. The molecule has 1 heterocycles. The molecule has 0 unspecified atom stereocenters. The SMILES string of the molecule is COc1ccc(CNc2ncc(C(=O)NC3CC3)cn2)cc1OC. The Morgan fingerprint density at radius 1 is 1.17 bits per heavy atom. The van der Waals surface area contributed by atoms with Gasteiger partial charge in [-0.25, -0.2) is 9.97 Å². The van der Waals surface area contributed by atoms with Crippen molar-refractivity contribution < 1.29 is 14.3 Å². The van der Waals surface area contributed by atoms with Gasteiger partial charge in [-0.05, 0) is 30.5 Å². The molecule has 1 aromatic carbocycles. The van der Waals surface area contributed by atoms with Crippen molar-refractivity contribution in [2.75, 3.05) is 19.5 Å². The standard InChI is InChI=1S/C17H20N4O3/c1-23-14-6-3-11(7-15(14)24-2)8-18-17-19-9-12(10-20-17)16(22)21-13-4-5-13/h3,6-7,9-10,13H,4-5,8H2,1-2H3,(H,21,22)(H,18,19,20). The quantitative estimate of drug-likeness (QED) is 0.808. The lowest BCUT2D eigenvalue weighted by molar-refractivity contribution is 0.0950. The number of hydrogen-bond donors (Lipinski definition) is 2. The minimum Gasteiger partial charge on any atom is -0.493 e. The third-order valence-corrected chi connectivity index (χ3v) is 3.73. The summed E-state index contributed by atoms with van der Waals surface area (Å²) in [6, 6.07) is 6.00. The van der Waals surface area contributed by atoms with E-state index >= 15 is 0 Å². The van der Waals surface area contributed by atoms with Crippen molar-refractivity contribution in [3.05, 3.63) is 41.7 Å². The number of hydrogen-bond acceptors (Lipinski definition) is 6. The number of methoxy groups -OCH3 is 2. The van der Waals surface area contributed by atoms with E-state index in [1.165, 1.54) is 12.4 Å². The molecule has 1 aliphatic rings. The molecule has 0 radical (unpaired) electrons. The van der Waals surface area contributed by atoms with Crippen LogP contribution in [-0.2, 0) is 6.54 Å². The first-order valence-electron chi connectivity index (χ1n) is 7.77. The number of ether oxygens (including phenoxy) is 2. The normalized spacial score (nSPS) is 13.2.